The van der Waals surface area contributed by atoms with Gasteiger partial charge in [0, 0.05) is 31.9 Å². The first-order valence-electron chi connectivity index (χ1n) is 7.63. The van der Waals surface area contributed by atoms with Crippen LogP contribution in [0.4, 0.5) is 0 Å². The maximum Gasteiger partial charge on any atom is 0.0695 e. The SMILES string of the molecule is CC1(CNCc2cn[nH]c2-c2ccccc2)CCOCC1. The molecule has 1 fully saturated rings. The summed E-state index contributed by atoms with van der Waals surface area (Å²) in [5, 5.41) is 10.9. The van der Waals surface area contributed by atoms with E-state index in [1.807, 2.05) is 12.3 Å². The Morgan fingerprint density at radius 3 is 2.76 bits per heavy atom. The smallest absolute Gasteiger partial charge is 0.0695 e. The Morgan fingerprint density at radius 2 is 2.00 bits per heavy atom. The van der Waals surface area contributed by atoms with Gasteiger partial charge in [0.2, 0.25) is 0 Å². The molecule has 112 valence electrons. The molecule has 0 atom stereocenters. The topological polar surface area (TPSA) is 49.9 Å². The van der Waals surface area contributed by atoms with E-state index in [1.165, 1.54) is 11.1 Å². The zero-order valence-electron chi connectivity index (χ0n) is 12.6. The van der Waals surface area contributed by atoms with Crippen molar-refractivity contribution >= 4 is 0 Å². The molecule has 1 aliphatic rings. The zero-order chi connectivity index (χ0) is 14.5. The van der Waals surface area contributed by atoms with E-state index < -0.39 is 0 Å². The van der Waals surface area contributed by atoms with Crippen LogP contribution in [0.25, 0.3) is 11.3 Å². The lowest BCUT2D eigenvalue weighted by Crippen LogP contribution is -2.36. The van der Waals surface area contributed by atoms with Crippen LogP contribution in [0.5, 0.6) is 0 Å². The highest BCUT2D eigenvalue weighted by atomic mass is 16.5. The molecule has 0 saturated carbocycles. The van der Waals surface area contributed by atoms with Crippen molar-refractivity contribution in [3.63, 3.8) is 0 Å². The number of aromatic nitrogens is 2. The van der Waals surface area contributed by atoms with Crippen molar-refractivity contribution in [3.8, 4) is 11.3 Å². The third kappa shape index (κ3) is 3.52. The van der Waals surface area contributed by atoms with Crippen LogP contribution in [0.15, 0.2) is 36.5 Å². The molecule has 0 bridgehead atoms. The molecule has 2 N–H and O–H groups in total. The van der Waals surface area contributed by atoms with E-state index in [9.17, 15) is 0 Å². The summed E-state index contributed by atoms with van der Waals surface area (Å²) >= 11 is 0. The van der Waals surface area contributed by atoms with Gasteiger partial charge in [-0.2, -0.15) is 5.10 Å². The first-order valence-corrected chi connectivity index (χ1v) is 7.63. The van der Waals surface area contributed by atoms with E-state index in [0.29, 0.717) is 5.41 Å². The van der Waals surface area contributed by atoms with Crippen LogP contribution in [-0.4, -0.2) is 30.0 Å². The molecule has 3 rings (SSSR count). The minimum Gasteiger partial charge on any atom is -0.381 e. The summed E-state index contributed by atoms with van der Waals surface area (Å²) in [6.45, 7) is 5.99. The molecule has 4 heteroatoms. The fourth-order valence-corrected chi connectivity index (χ4v) is 2.84. The Bertz CT molecular complexity index is 558. The van der Waals surface area contributed by atoms with Crippen LogP contribution in [0, 0.1) is 5.41 Å². The highest BCUT2D eigenvalue weighted by Gasteiger charge is 2.26. The first kappa shape index (κ1) is 14.3. The van der Waals surface area contributed by atoms with E-state index in [1.54, 1.807) is 0 Å². The molecule has 4 nitrogen and oxygen atoms in total. The molecular formula is C17H23N3O. The maximum atomic E-state index is 5.45. The van der Waals surface area contributed by atoms with E-state index in [2.05, 4.69) is 46.7 Å². The summed E-state index contributed by atoms with van der Waals surface area (Å²) in [6.07, 6.45) is 4.19. The van der Waals surface area contributed by atoms with Crippen LogP contribution < -0.4 is 5.32 Å². The van der Waals surface area contributed by atoms with Gasteiger partial charge in [-0.3, -0.25) is 5.10 Å². The Kier molecular flexibility index (Phi) is 4.36. The second-order valence-electron chi connectivity index (χ2n) is 6.16. The molecule has 1 saturated heterocycles. The van der Waals surface area contributed by atoms with Gasteiger partial charge in [0.1, 0.15) is 0 Å². The monoisotopic (exact) mass is 285 g/mol. The molecule has 1 aliphatic heterocycles. The summed E-state index contributed by atoms with van der Waals surface area (Å²) in [5.41, 5.74) is 3.87. The quantitative estimate of drug-likeness (QED) is 0.888. The molecule has 0 aliphatic carbocycles. The number of aromatic amines is 1. The first-order chi connectivity index (χ1) is 10.3. The fraction of sp³-hybridized carbons (Fsp3) is 0.471. The fourth-order valence-electron chi connectivity index (χ4n) is 2.84. The number of rotatable bonds is 5. The molecule has 2 heterocycles. The Labute approximate surface area is 125 Å². The Balaban J connectivity index is 1.60. The molecule has 21 heavy (non-hydrogen) atoms. The van der Waals surface area contributed by atoms with Crippen molar-refractivity contribution in [2.45, 2.75) is 26.3 Å². The summed E-state index contributed by atoms with van der Waals surface area (Å²) in [7, 11) is 0. The lowest BCUT2D eigenvalue weighted by molar-refractivity contribution is 0.0240. The van der Waals surface area contributed by atoms with E-state index in [0.717, 1.165) is 44.8 Å². The van der Waals surface area contributed by atoms with Crippen LogP contribution >= 0.6 is 0 Å². The minimum atomic E-state index is 0.356. The van der Waals surface area contributed by atoms with Crippen LogP contribution in [0.1, 0.15) is 25.3 Å². The molecule has 2 aromatic rings. The molecule has 1 aromatic carbocycles. The number of benzene rings is 1. The van der Waals surface area contributed by atoms with Crippen LogP contribution in [-0.2, 0) is 11.3 Å². The average molecular weight is 285 g/mol. The van der Waals surface area contributed by atoms with Crippen molar-refractivity contribution in [2.75, 3.05) is 19.8 Å². The van der Waals surface area contributed by atoms with Crippen molar-refractivity contribution in [2.24, 2.45) is 5.41 Å². The van der Waals surface area contributed by atoms with Gasteiger partial charge >= 0.3 is 0 Å². The second kappa shape index (κ2) is 6.41. The van der Waals surface area contributed by atoms with E-state index >= 15 is 0 Å². The van der Waals surface area contributed by atoms with E-state index in [-0.39, 0.29) is 0 Å². The van der Waals surface area contributed by atoms with Crippen molar-refractivity contribution < 1.29 is 4.74 Å². The third-order valence-corrected chi connectivity index (χ3v) is 4.35. The number of nitrogens with one attached hydrogen (secondary N) is 2. The number of hydrogen-bond donors (Lipinski definition) is 2. The van der Waals surface area contributed by atoms with Gasteiger partial charge in [-0.05, 0) is 23.8 Å². The molecule has 0 spiro atoms. The van der Waals surface area contributed by atoms with Crippen LogP contribution in [0.2, 0.25) is 0 Å². The van der Waals surface area contributed by atoms with Gasteiger partial charge in [0.15, 0.2) is 0 Å². The molecule has 0 unspecified atom stereocenters. The lowest BCUT2D eigenvalue weighted by atomic mass is 9.82. The van der Waals surface area contributed by atoms with Crippen molar-refractivity contribution in [1.82, 2.24) is 15.5 Å². The van der Waals surface area contributed by atoms with E-state index in [4.69, 9.17) is 4.74 Å². The zero-order valence-corrected chi connectivity index (χ0v) is 12.6. The molecule has 1 aromatic heterocycles. The van der Waals surface area contributed by atoms with Gasteiger partial charge in [-0.15, -0.1) is 0 Å². The standard InChI is InChI=1S/C17H23N3O/c1-17(7-9-21-10-8-17)13-18-11-15-12-19-20-16(15)14-5-3-2-4-6-14/h2-6,12,18H,7-11,13H2,1H3,(H,19,20). The highest BCUT2D eigenvalue weighted by Crippen LogP contribution is 2.29. The predicted molar refractivity (Wildman–Crippen MR) is 83.9 cm³/mol. The van der Waals surface area contributed by atoms with Gasteiger partial charge in [0.05, 0.1) is 11.9 Å². The lowest BCUT2D eigenvalue weighted by Gasteiger charge is -2.33. The minimum absolute atomic E-state index is 0.356. The van der Waals surface area contributed by atoms with Gasteiger partial charge in [-0.25, -0.2) is 0 Å². The van der Waals surface area contributed by atoms with Gasteiger partial charge < -0.3 is 10.1 Å². The summed E-state index contributed by atoms with van der Waals surface area (Å²) in [4.78, 5) is 0. The summed E-state index contributed by atoms with van der Waals surface area (Å²) < 4.78 is 5.45. The molecular weight excluding hydrogens is 262 g/mol. The molecule has 0 amide bonds. The van der Waals surface area contributed by atoms with Crippen molar-refractivity contribution in [1.29, 1.82) is 0 Å². The van der Waals surface area contributed by atoms with Gasteiger partial charge in [-0.1, -0.05) is 37.3 Å². The largest absolute Gasteiger partial charge is 0.381 e. The normalized spacial score (nSPS) is 17.8. The van der Waals surface area contributed by atoms with Crippen molar-refractivity contribution in [3.05, 3.63) is 42.1 Å². The number of nitrogens with zero attached hydrogens (tertiary/aromatic N) is 1. The second-order valence-corrected chi connectivity index (χ2v) is 6.16. The number of H-pyrrole nitrogens is 1. The highest BCUT2D eigenvalue weighted by molar-refractivity contribution is 5.62. The summed E-state index contributed by atoms with van der Waals surface area (Å²) in [5.74, 6) is 0. The molecule has 0 radical (unpaired) electrons. The maximum absolute atomic E-state index is 5.45. The third-order valence-electron chi connectivity index (χ3n) is 4.35. The average Bonchev–Trinajstić information content (AvgIpc) is 2.97. The number of hydrogen-bond acceptors (Lipinski definition) is 3. The number of ether oxygens (including phenoxy) is 1. The Hall–Kier alpha value is -1.65. The summed E-state index contributed by atoms with van der Waals surface area (Å²) in [6, 6.07) is 10.4. The van der Waals surface area contributed by atoms with Crippen LogP contribution in [0.3, 0.4) is 0 Å². The van der Waals surface area contributed by atoms with Gasteiger partial charge in [0.25, 0.3) is 0 Å². The predicted octanol–water partition coefficient (Wildman–Crippen LogP) is 2.98. The Morgan fingerprint density at radius 1 is 1.24 bits per heavy atom.